The zero-order chi connectivity index (χ0) is 15.3. The quantitative estimate of drug-likeness (QED) is 0.723. The molecule has 0 bridgehead atoms. The van der Waals surface area contributed by atoms with Crippen LogP contribution < -0.4 is 5.32 Å². The van der Waals surface area contributed by atoms with Crippen molar-refractivity contribution in [3.8, 4) is 5.75 Å². The van der Waals surface area contributed by atoms with Crippen LogP contribution in [0.25, 0.3) is 0 Å². The van der Waals surface area contributed by atoms with Gasteiger partial charge in [0.15, 0.2) is 0 Å². The van der Waals surface area contributed by atoms with Crippen LogP contribution in [0.15, 0.2) is 18.2 Å². The number of carbonyl (C=O) groups excluding carboxylic acids is 1. The number of hydrogen-bond donors (Lipinski definition) is 3. The van der Waals surface area contributed by atoms with E-state index in [0.29, 0.717) is 19.0 Å². The van der Waals surface area contributed by atoms with Gasteiger partial charge >= 0.3 is 12.0 Å². The maximum Gasteiger partial charge on any atom is 0.335 e. The number of phenols is 1. The molecule has 0 heterocycles. The lowest BCUT2D eigenvalue weighted by Gasteiger charge is -2.23. The van der Waals surface area contributed by atoms with Crippen LogP contribution in [0.5, 0.6) is 5.75 Å². The number of nitrogens with one attached hydrogen (secondary N) is 1. The first-order chi connectivity index (χ1) is 9.35. The van der Waals surface area contributed by atoms with Crippen molar-refractivity contribution in [1.82, 2.24) is 4.90 Å². The Morgan fingerprint density at radius 2 is 2.00 bits per heavy atom. The van der Waals surface area contributed by atoms with Crippen molar-refractivity contribution in [1.29, 1.82) is 0 Å². The number of anilines is 1. The van der Waals surface area contributed by atoms with Gasteiger partial charge in [-0.15, -0.1) is 0 Å². The van der Waals surface area contributed by atoms with Crippen LogP contribution in [0, 0.1) is 5.92 Å². The SMILES string of the molecule is CCN(CC(C)C)C(=O)Nc1ccc(C(=O)O)cc1O. The predicted octanol–water partition coefficient (Wildman–Crippen LogP) is 2.60. The maximum absolute atomic E-state index is 12.0. The highest BCUT2D eigenvalue weighted by atomic mass is 16.4. The van der Waals surface area contributed by atoms with Crippen LogP contribution in [0.2, 0.25) is 0 Å². The first-order valence-electron chi connectivity index (χ1n) is 6.47. The van der Waals surface area contributed by atoms with Crippen molar-refractivity contribution in [3.63, 3.8) is 0 Å². The van der Waals surface area contributed by atoms with Gasteiger partial charge in [-0.05, 0) is 31.0 Å². The van der Waals surface area contributed by atoms with Gasteiger partial charge in [0.05, 0.1) is 11.3 Å². The van der Waals surface area contributed by atoms with Crippen molar-refractivity contribution >= 4 is 17.7 Å². The molecular formula is C14H20N2O4. The summed E-state index contributed by atoms with van der Waals surface area (Å²) in [7, 11) is 0. The van der Waals surface area contributed by atoms with Crippen LogP contribution in [-0.2, 0) is 0 Å². The molecule has 1 aromatic carbocycles. The molecule has 0 fully saturated rings. The van der Waals surface area contributed by atoms with E-state index >= 15 is 0 Å². The summed E-state index contributed by atoms with van der Waals surface area (Å²) in [5.41, 5.74) is 0.164. The number of aromatic carboxylic acids is 1. The molecule has 0 aromatic heterocycles. The fourth-order valence-electron chi connectivity index (χ4n) is 1.76. The molecule has 0 saturated heterocycles. The normalized spacial score (nSPS) is 10.4. The number of aromatic hydroxyl groups is 1. The average Bonchev–Trinajstić information content (AvgIpc) is 2.37. The molecule has 0 aliphatic heterocycles. The fraction of sp³-hybridized carbons (Fsp3) is 0.429. The number of nitrogens with zero attached hydrogens (tertiary/aromatic N) is 1. The number of carbonyl (C=O) groups is 2. The van der Waals surface area contributed by atoms with E-state index in [9.17, 15) is 14.7 Å². The molecule has 0 saturated carbocycles. The Morgan fingerprint density at radius 1 is 1.35 bits per heavy atom. The molecule has 6 heteroatoms. The molecule has 0 aliphatic rings. The third-order valence-electron chi connectivity index (χ3n) is 2.74. The lowest BCUT2D eigenvalue weighted by Crippen LogP contribution is -2.37. The van der Waals surface area contributed by atoms with E-state index in [0.717, 1.165) is 6.07 Å². The summed E-state index contributed by atoms with van der Waals surface area (Å²) in [5, 5.41) is 21.1. The van der Waals surface area contributed by atoms with E-state index in [1.165, 1.54) is 12.1 Å². The van der Waals surface area contributed by atoms with Gasteiger partial charge in [0.1, 0.15) is 5.75 Å². The average molecular weight is 280 g/mol. The number of benzene rings is 1. The Morgan fingerprint density at radius 3 is 2.45 bits per heavy atom. The number of amides is 2. The third-order valence-corrected chi connectivity index (χ3v) is 2.74. The van der Waals surface area contributed by atoms with Crippen molar-refractivity contribution < 1.29 is 19.8 Å². The summed E-state index contributed by atoms with van der Waals surface area (Å²) in [6, 6.07) is 3.49. The number of hydrogen-bond acceptors (Lipinski definition) is 3. The van der Waals surface area contributed by atoms with Gasteiger partial charge in [0.25, 0.3) is 0 Å². The number of urea groups is 1. The van der Waals surface area contributed by atoms with Gasteiger partial charge in [0.2, 0.25) is 0 Å². The Hall–Kier alpha value is -2.24. The van der Waals surface area contributed by atoms with Gasteiger partial charge in [-0.25, -0.2) is 9.59 Å². The van der Waals surface area contributed by atoms with Crippen molar-refractivity contribution in [2.45, 2.75) is 20.8 Å². The summed E-state index contributed by atoms with van der Waals surface area (Å²) in [6.45, 7) is 7.05. The van der Waals surface area contributed by atoms with Crippen LogP contribution in [0.1, 0.15) is 31.1 Å². The van der Waals surface area contributed by atoms with Crippen molar-refractivity contribution in [2.24, 2.45) is 5.92 Å². The zero-order valence-electron chi connectivity index (χ0n) is 11.9. The zero-order valence-corrected chi connectivity index (χ0v) is 11.9. The minimum absolute atomic E-state index is 0.0324. The lowest BCUT2D eigenvalue weighted by molar-refractivity contribution is 0.0696. The molecule has 20 heavy (non-hydrogen) atoms. The van der Waals surface area contributed by atoms with E-state index in [2.05, 4.69) is 5.32 Å². The van der Waals surface area contributed by atoms with E-state index in [1.807, 2.05) is 20.8 Å². The van der Waals surface area contributed by atoms with Crippen LogP contribution in [-0.4, -0.2) is 40.2 Å². The summed E-state index contributed by atoms with van der Waals surface area (Å²) in [6.07, 6.45) is 0. The molecule has 0 spiro atoms. The molecule has 1 aromatic rings. The second-order valence-corrected chi connectivity index (χ2v) is 4.90. The highest BCUT2D eigenvalue weighted by molar-refractivity contribution is 5.93. The summed E-state index contributed by atoms with van der Waals surface area (Å²) in [4.78, 5) is 24.4. The van der Waals surface area contributed by atoms with Gasteiger partial charge in [-0.2, -0.15) is 0 Å². The fourth-order valence-corrected chi connectivity index (χ4v) is 1.76. The number of carboxylic acids is 1. The van der Waals surface area contributed by atoms with Crippen LogP contribution in [0.3, 0.4) is 0 Å². The predicted molar refractivity (Wildman–Crippen MR) is 76.2 cm³/mol. The second kappa shape index (κ2) is 6.79. The summed E-state index contributed by atoms with van der Waals surface area (Å²) in [5.74, 6) is -1.06. The molecule has 6 nitrogen and oxygen atoms in total. The third kappa shape index (κ3) is 4.15. The Kier molecular flexibility index (Phi) is 5.37. The van der Waals surface area contributed by atoms with E-state index in [1.54, 1.807) is 4.90 Å². The lowest BCUT2D eigenvalue weighted by atomic mass is 10.2. The first-order valence-corrected chi connectivity index (χ1v) is 6.47. The number of rotatable bonds is 5. The number of phenolic OH excluding ortho intramolecular Hbond substituents is 1. The molecular weight excluding hydrogens is 260 g/mol. The summed E-state index contributed by atoms with van der Waals surface area (Å²) >= 11 is 0. The maximum atomic E-state index is 12.0. The Labute approximate surface area is 118 Å². The largest absolute Gasteiger partial charge is 0.506 e. The van der Waals surface area contributed by atoms with E-state index < -0.39 is 5.97 Å². The smallest absolute Gasteiger partial charge is 0.335 e. The van der Waals surface area contributed by atoms with Gasteiger partial charge in [-0.1, -0.05) is 13.8 Å². The molecule has 2 amide bonds. The van der Waals surface area contributed by atoms with E-state index in [4.69, 9.17) is 5.11 Å². The summed E-state index contributed by atoms with van der Waals surface area (Å²) < 4.78 is 0. The number of carboxylic acid groups (broad SMARTS) is 1. The minimum Gasteiger partial charge on any atom is -0.506 e. The topological polar surface area (TPSA) is 89.9 Å². The van der Waals surface area contributed by atoms with Gasteiger partial charge < -0.3 is 20.4 Å². The molecule has 0 unspecified atom stereocenters. The first kappa shape index (κ1) is 15.8. The van der Waals surface area contributed by atoms with Crippen molar-refractivity contribution in [2.75, 3.05) is 18.4 Å². The second-order valence-electron chi connectivity index (χ2n) is 4.90. The minimum atomic E-state index is -1.13. The molecule has 3 N–H and O–H groups in total. The molecule has 0 radical (unpaired) electrons. The standard InChI is InChI=1S/C14H20N2O4/c1-4-16(8-9(2)3)14(20)15-11-6-5-10(13(18)19)7-12(11)17/h5-7,9,17H,4,8H2,1-3H3,(H,15,20)(H,18,19). The highest BCUT2D eigenvalue weighted by Crippen LogP contribution is 2.24. The highest BCUT2D eigenvalue weighted by Gasteiger charge is 2.15. The van der Waals surface area contributed by atoms with Crippen LogP contribution in [0.4, 0.5) is 10.5 Å². The Bertz CT molecular complexity index is 500. The molecule has 0 aliphatic carbocycles. The molecule has 110 valence electrons. The van der Waals surface area contributed by atoms with E-state index in [-0.39, 0.29) is 23.0 Å². The van der Waals surface area contributed by atoms with Crippen LogP contribution >= 0.6 is 0 Å². The molecule has 0 atom stereocenters. The molecule has 1 rings (SSSR count). The van der Waals surface area contributed by atoms with Crippen molar-refractivity contribution in [3.05, 3.63) is 23.8 Å². The van der Waals surface area contributed by atoms with Gasteiger partial charge in [0, 0.05) is 13.1 Å². The van der Waals surface area contributed by atoms with Gasteiger partial charge in [-0.3, -0.25) is 0 Å². The monoisotopic (exact) mass is 280 g/mol. The Balaban J connectivity index is 2.82.